The fraction of sp³-hybridized carbons (Fsp3) is 0.333. The molecule has 0 aliphatic carbocycles. The van der Waals surface area contributed by atoms with Gasteiger partial charge in [-0.15, -0.1) is 0 Å². The summed E-state index contributed by atoms with van der Waals surface area (Å²) in [6.07, 6.45) is 2.79. The van der Waals surface area contributed by atoms with Gasteiger partial charge in [-0.25, -0.2) is 0 Å². The molecule has 1 heterocycles. The zero-order valence-corrected chi connectivity index (χ0v) is 14.6. The van der Waals surface area contributed by atoms with Gasteiger partial charge in [-0.2, -0.15) is 0 Å². The molecule has 1 aliphatic rings. The van der Waals surface area contributed by atoms with Crippen LogP contribution in [0, 0.1) is 5.92 Å². The molecule has 0 spiro atoms. The van der Waals surface area contributed by atoms with Crippen molar-refractivity contribution in [3.05, 3.63) is 60.7 Å². The third-order valence-electron chi connectivity index (χ3n) is 4.94. The van der Waals surface area contributed by atoms with E-state index in [-0.39, 0.29) is 17.7 Å². The second-order valence-corrected chi connectivity index (χ2v) is 6.68. The van der Waals surface area contributed by atoms with E-state index < -0.39 is 0 Å². The van der Waals surface area contributed by atoms with Crippen LogP contribution in [0.3, 0.4) is 0 Å². The van der Waals surface area contributed by atoms with Crippen molar-refractivity contribution in [2.24, 2.45) is 5.92 Å². The summed E-state index contributed by atoms with van der Waals surface area (Å²) >= 11 is 0. The van der Waals surface area contributed by atoms with Gasteiger partial charge in [-0.1, -0.05) is 43.0 Å². The Labute approximate surface area is 148 Å². The summed E-state index contributed by atoms with van der Waals surface area (Å²) in [4.78, 5) is 27.9. The highest BCUT2D eigenvalue weighted by Crippen LogP contribution is 2.21. The van der Waals surface area contributed by atoms with Crippen molar-refractivity contribution >= 4 is 22.6 Å². The van der Waals surface area contributed by atoms with Crippen LogP contribution < -0.4 is 0 Å². The van der Waals surface area contributed by atoms with Gasteiger partial charge in [-0.05, 0) is 41.3 Å². The Bertz CT molecular complexity index is 791. The Hall–Kier alpha value is -2.62. The maximum atomic E-state index is 12.7. The highest BCUT2D eigenvalue weighted by Gasteiger charge is 2.28. The number of benzene rings is 2. The first kappa shape index (κ1) is 17.2. The quantitative estimate of drug-likeness (QED) is 0.804. The fourth-order valence-electron chi connectivity index (χ4n) is 3.48. The standard InChI is InChI=1S/C21H24N2O2/c1-3-20(24)23-12-10-18(11-13-23)21(25)22(2)15-16-8-9-17-6-4-5-7-19(17)14-16/h3-9,14,18H,1,10-13,15H2,2H3. The topological polar surface area (TPSA) is 40.6 Å². The van der Waals surface area contributed by atoms with Crippen molar-refractivity contribution in [1.29, 1.82) is 0 Å². The number of amides is 2. The third kappa shape index (κ3) is 3.90. The zero-order chi connectivity index (χ0) is 17.8. The van der Waals surface area contributed by atoms with Crippen LogP contribution >= 0.6 is 0 Å². The molecule has 0 atom stereocenters. The third-order valence-corrected chi connectivity index (χ3v) is 4.94. The first-order valence-electron chi connectivity index (χ1n) is 8.72. The van der Waals surface area contributed by atoms with Gasteiger partial charge in [0.1, 0.15) is 0 Å². The van der Waals surface area contributed by atoms with Crippen molar-refractivity contribution < 1.29 is 9.59 Å². The SMILES string of the molecule is C=CC(=O)N1CCC(C(=O)N(C)Cc2ccc3ccccc3c2)CC1. The number of fused-ring (bicyclic) bond motifs is 1. The second-order valence-electron chi connectivity index (χ2n) is 6.68. The molecular formula is C21H24N2O2. The maximum Gasteiger partial charge on any atom is 0.245 e. The summed E-state index contributed by atoms with van der Waals surface area (Å²) in [7, 11) is 1.86. The van der Waals surface area contributed by atoms with E-state index in [1.807, 2.05) is 19.2 Å². The van der Waals surface area contributed by atoms with E-state index in [1.165, 1.54) is 16.8 Å². The molecule has 4 heteroatoms. The number of likely N-dealkylation sites (tertiary alicyclic amines) is 1. The van der Waals surface area contributed by atoms with Crippen molar-refractivity contribution in [2.75, 3.05) is 20.1 Å². The largest absolute Gasteiger partial charge is 0.341 e. The minimum absolute atomic E-state index is 0.000628. The van der Waals surface area contributed by atoms with Crippen molar-refractivity contribution in [3.8, 4) is 0 Å². The average Bonchev–Trinajstić information content (AvgIpc) is 2.66. The van der Waals surface area contributed by atoms with Crippen molar-refractivity contribution in [2.45, 2.75) is 19.4 Å². The molecule has 4 nitrogen and oxygen atoms in total. The molecule has 3 rings (SSSR count). The molecule has 0 saturated carbocycles. The van der Waals surface area contributed by atoms with Crippen LogP contribution in [0.4, 0.5) is 0 Å². The lowest BCUT2D eigenvalue weighted by Crippen LogP contribution is -2.42. The van der Waals surface area contributed by atoms with E-state index in [0.717, 1.165) is 18.4 Å². The smallest absolute Gasteiger partial charge is 0.245 e. The van der Waals surface area contributed by atoms with Crippen LogP contribution in [-0.4, -0.2) is 41.8 Å². The number of piperidine rings is 1. The average molecular weight is 336 g/mol. The van der Waals surface area contributed by atoms with Gasteiger partial charge in [0, 0.05) is 32.6 Å². The van der Waals surface area contributed by atoms with E-state index in [0.29, 0.717) is 19.6 Å². The number of hydrogen-bond donors (Lipinski definition) is 0. The van der Waals surface area contributed by atoms with E-state index in [2.05, 4.69) is 36.9 Å². The summed E-state index contributed by atoms with van der Waals surface area (Å²) in [5.74, 6) is 0.119. The summed E-state index contributed by atoms with van der Waals surface area (Å²) in [6.45, 7) is 5.39. The maximum absolute atomic E-state index is 12.7. The molecule has 0 bridgehead atoms. The Morgan fingerprint density at radius 1 is 1.16 bits per heavy atom. The molecule has 1 aliphatic heterocycles. The number of carbonyl (C=O) groups excluding carboxylic acids is 2. The normalized spacial score (nSPS) is 15.2. The lowest BCUT2D eigenvalue weighted by Gasteiger charge is -2.32. The first-order valence-corrected chi connectivity index (χ1v) is 8.72. The fourth-order valence-corrected chi connectivity index (χ4v) is 3.48. The Morgan fingerprint density at radius 2 is 1.84 bits per heavy atom. The predicted molar refractivity (Wildman–Crippen MR) is 99.9 cm³/mol. The Morgan fingerprint density at radius 3 is 2.52 bits per heavy atom. The van der Waals surface area contributed by atoms with Gasteiger partial charge in [0.25, 0.3) is 0 Å². The summed E-state index contributed by atoms with van der Waals surface area (Å²) < 4.78 is 0. The number of hydrogen-bond acceptors (Lipinski definition) is 2. The van der Waals surface area contributed by atoms with Gasteiger partial charge < -0.3 is 9.80 Å². The monoisotopic (exact) mass is 336 g/mol. The molecule has 2 amide bonds. The predicted octanol–water partition coefficient (Wildman–Crippen LogP) is 3.22. The van der Waals surface area contributed by atoms with Crippen LogP contribution in [-0.2, 0) is 16.1 Å². The number of rotatable bonds is 4. The van der Waals surface area contributed by atoms with Gasteiger partial charge in [-0.3, -0.25) is 9.59 Å². The van der Waals surface area contributed by atoms with Crippen molar-refractivity contribution in [3.63, 3.8) is 0 Å². The molecule has 1 fully saturated rings. The lowest BCUT2D eigenvalue weighted by molar-refractivity contribution is -0.138. The van der Waals surface area contributed by atoms with Crippen LogP contribution in [0.15, 0.2) is 55.1 Å². The molecular weight excluding hydrogens is 312 g/mol. The molecule has 130 valence electrons. The molecule has 1 saturated heterocycles. The van der Waals surface area contributed by atoms with Crippen LogP contribution in [0.2, 0.25) is 0 Å². The number of nitrogens with zero attached hydrogens (tertiary/aromatic N) is 2. The molecule has 0 unspecified atom stereocenters. The molecule has 25 heavy (non-hydrogen) atoms. The zero-order valence-electron chi connectivity index (χ0n) is 14.6. The minimum Gasteiger partial charge on any atom is -0.341 e. The molecule has 0 radical (unpaired) electrons. The molecule has 0 aromatic heterocycles. The lowest BCUT2D eigenvalue weighted by atomic mass is 9.95. The number of carbonyl (C=O) groups is 2. The van der Waals surface area contributed by atoms with Gasteiger partial charge >= 0.3 is 0 Å². The molecule has 0 N–H and O–H groups in total. The van der Waals surface area contributed by atoms with E-state index in [9.17, 15) is 9.59 Å². The van der Waals surface area contributed by atoms with Gasteiger partial charge in [0.15, 0.2) is 0 Å². The summed E-state index contributed by atoms with van der Waals surface area (Å²) in [5, 5.41) is 2.40. The highest BCUT2D eigenvalue weighted by atomic mass is 16.2. The van der Waals surface area contributed by atoms with Gasteiger partial charge in [0.2, 0.25) is 11.8 Å². The highest BCUT2D eigenvalue weighted by molar-refractivity contribution is 5.87. The molecule has 2 aromatic carbocycles. The van der Waals surface area contributed by atoms with E-state index >= 15 is 0 Å². The summed E-state index contributed by atoms with van der Waals surface area (Å²) in [5.41, 5.74) is 1.13. The van der Waals surface area contributed by atoms with Crippen molar-refractivity contribution in [1.82, 2.24) is 9.80 Å². The van der Waals surface area contributed by atoms with Gasteiger partial charge in [0.05, 0.1) is 0 Å². The van der Waals surface area contributed by atoms with E-state index in [4.69, 9.17) is 0 Å². The summed E-state index contributed by atoms with van der Waals surface area (Å²) in [6, 6.07) is 14.6. The minimum atomic E-state index is -0.0459. The Kier molecular flexibility index (Phi) is 5.17. The van der Waals surface area contributed by atoms with Crippen LogP contribution in [0.25, 0.3) is 10.8 Å². The van der Waals surface area contributed by atoms with Crippen LogP contribution in [0.1, 0.15) is 18.4 Å². The Balaban J connectivity index is 1.60. The van der Waals surface area contributed by atoms with Crippen LogP contribution in [0.5, 0.6) is 0 Å². The molecule has 2 aromatic rings. The van der Waals surface area contributed by atoms with E-state index in [1.54, 1.807) is 9.80 Å². The second kappa shape index (κ2) is 7.51. The first-order chi connectivity index (χ1) is 12.1.